The lowest BCUT2D eigenvalue weighted by Crippen LogP contribution is -2.35. The minimum absolute atomic E-state index is 0.0607. The average Bonchev–Trinajstić information content (AvgIpc) is 2.91. The van der Waals surface area contributed by atoms with E-state index in [1.165, 1.54) is 0 Å². The van der Waals surface area contributed by atoms with Crippen molar-refractivity contribution < 1.29 is 9.53 Å². The van der Waals surface area contributed by atoms with Crippen molar-refractivity contribution in [1.29, 1.82) is 0 Å². The fourth-order valence-electron chi connectivity index (χ4n) is 2.29. The van der Waals surface area contributed by atoms with Crippen molar-refractivity contribution in [3.05, 3.63) is 28.8 Å². The van der Waals surface area contributed by atoms with Crippen LogP contribution in [0.25, 0.3) is 0 Å². The Kier molecular flexibility index (Phi) is 4.66. The number of rotatable bonds is 4. The maximum atomic E-state index is 12.5. The van der Waals surface area contributed by atoms with E-state index in [1.54, 1.807) is 23.1 Å². The van der Waals surface area contributed by atoms with Crippen molar-refractivity contribution in [3.8, 4) is 0 Å². The van der Waals surface area contributed by atoms with Gasteiger partial charge in [0.15, 0.2) is 0 Å². The standard InChI is InChI=1S/C14H19ClN2O2/c1-2-17(8-10-6-7-19-9-10)14(18)11-4-3-5-12(15)13(11)16/h3-5,10H,2,6-9,16H2,1H3. The normalized spacial score (nSPS) is 18.5. The van der Waals surface area contributed by atoms with E-state index in [1.807, 2.05) is 6.92 Å². The van der Waals surface area contributed by atoms with Crippen LogP contribution in [0.5, 0.6) is 0 Å². The molecule has 1 saturated heterocycles. The fraction of sp³-hybridized carbons (Fsp3) is 0.500. The molecular weight excluding hydrogens is 264 g/mol. The second-order valence-corrected chi connectivity index (χ2v) is 5.18. The summed E-state index contributed by atoms with van der Waals surface area (Å²) in [7, 11) is 0. The third kappa shape index (κ3) is 3.19. The first-order valence-electron chi connectivity index (χ1n) is 6.54. The second kappa shape index (κ2) is 6.26. The van der Waals surface area contributed by atoms with Gasteiger partial charge in [0.1, 0.15) is 0 Å². The number of halogens is 1. The zero-order chi connectivity index (χ0) is 13.8. The molecule has 1 unspecified atom stereocenters. The lowest BCUT2D eigenvalue weighted by Gasteiger charge is -2.24. The molecule has 1 fully saturated rings. The van der Waals surface area contributed by atoms with Crippen LogP contribution in [0, 0.1) is 5.92 Å². The van der Waals surface area contributed by atoms with Crippen molar-refractivity contribution in [3.63, 3.8) is 0 Å². The van der Waals surface area contributed by atoms with Crippen molar-refractivity contribution in [1.82, 2.24) is 4.90 Å². The van der Waals surface area contributed by atoms with Crippen LogP contribution >= 0.6 is 11.6 Å². The van der Waals surface area contributed by atoms with Crippen LogP contribution in [0.1, 0.15) is 23.7 Å². The number of carbonyl (C=O) groups excluding carboxylic acids is 1. The highest BCUT2D eigenvalue weighted by molar-refractivity contribution is 6.33. The van der Waals surface area contributed by atoms with Gasteiger partial charge in [-0.25, -0.2) is 0 Å². The summed E-state index contributed by atoms with van der Waals surface area (Å²) in [6.07, 6.45) is 1.01. The molecule has 1 aliphatic heterocycles. The lowest BCUT2D eigenvalue weighted by atomic mass is 10.1. The number of hydrogen-bond acceptors (Lipinski definition) is 3. The Balaban J connectivity index is 2.13. The molecule has 1 aromatic rings. The van der Waals surface area contributed by atoms with Gasteiger partial charge in [0, 0.05) is 25.6 Å². The summed E-state index contributed by atoms with van der Waals surface area (Å²) in [6.45, 7) is 4.85. The Labute approximate surface area is 118 Å². The zero-order valence-electron chi connectivity index (χ0n) is 11.1. The highest BCUT2D eigenvalue weighted by Gasteiger charge is 2.23. The van der Waals surface area contributed by atoms with Crippen molar-refractivity contribution in [2.24, 2.45) is 5.92 Å². The molecule has 0 aromatic heterocycles. The fourth-order valence-corrected chi connectivity index (χ4v) is 2.46. The number of para-hydroxylation sites is 1. The summed E-state index contributed by atoms with van der Waals surface area (Å²) in [6, 6.07) is 5.16. The summed E-state index contributed by atoms with van der Waals surface area (Å²) in [5.41, 5.74) is 6.72. The van der Waals surface area contributed by atoms with Gasteiger partial charge in [0.05, 0.1) is 22.9 Å². The van der Waals surface area contributed by atoms with Crippen LogP contribution in [0.4, 0.5) is 5.69 Å². The Morgan fingerprint density at radius 1 is 1.58 bits per heavy atom. The Bertz CT molecular complexity index is 459. The van der Waals surface area contributed by atoms with Crippen LogP contribution in [0.15, 0.2) is 18.2 Å². The summed E-state index contributed by atoms with van der Waals surface area (Å²) < 4.78 is 5.35. The number of amides is 1. The molecule has 5 heteroatoms. The van der Waals surface area contributed by atoms with Gasteiger partial charge in [-0.05, 0) is 25.5 Å². The first-order valence-corrected chi connectivity index (χ1v) is 6.92. The minimum Gasteiger partial charge on any atom is -0.397 e. The number of benzene rings is 1. The van der Waals surface area contributed by atoms with E-state index < -0.39 is 0 Å². The van der Waals surface area contributed by atoms with Crippen molar-refractivity contribution >= 4 is 23.2 Å². The molecule has 4 nitrogen and oxygen atoms in total. The first-order chi connectivity index (χ1) is 9.13. The Hall–Kier alpha value is -1.26. The topological polar surface area (TPSA) is 55.6 Å². The van der Waals surface area contributed by atoms with Gasteiger partial charge in [0.25, 0.3) is 5.91 Å². The Morgan fingerprint density at radius 3 is 3.00 bits per heavy atom. The average molecular weight is 283 g/mol. The first kappa shape index (κ1) is 14.2. The zero-order valence-corrected chi connectivity index (χ0v) is 11.8. The quantitative estimate of drug-likeness (QED) is 0.863. The van der Waals surface area contributed by atoms with Crippen LogP contribution in [0.3, 0.4) is 0 Å². The largest absolute Gasteiger partial charge is 0.397 e. The van der Waals surface area contributed by atoms with E-state index in [0.717, 1.165) is 19.6 Å². The van der Waals surface area contributed by atoms with E-state index in [9.17, 15) is 4.79 Å². The van der Waals surface area contributed by atoms with Gasteiger partial charge in [0.2, 0.25) is 0 Å². The van der Waals surface area contributed by atoms with Crippen LogP contribution < -0.4 is 5.73 Å². The number of hydrogen-bond donors (Lipinski definition) is 1. The molecule has 2 rings (SSSR count). The molecule has 1 aromatic carbocycles. The maximum absolute atomic E-state index is 12.5. The van der Waals surface area contributed by atoms with Gasteiger partial charge in [-0.3, -0.25) is 4.79 Å². The van der Waals surface area contributed by atoms with E-state index >= 15 is 0 Å². The molecule has 1 atom stereocenters. The molecule has 1 amide bonds. The van der Waals surface area contributed by atoms with E-state index in [4.69, 9.17) is 22.1 Å². The number of ether oxygens (including phenoxy) is 1. The molecule has 1 heterocycles. The summed E-state index contributed by atoms with van der Waals surface area (Å²) in [5.74, 6) is 0.360. The monoisotopic (exact) mass is 282 g/mol. The number of nitrogens with two attached hydrogens (primary N) is 1. The summed E-state index contributed by atoms with van der Waals surface area (Å²) in [5, 5.41) is 0.422. The van der Waals surface area contributed by atoms with Crippen molar-refractivity contribution in [2.45, 2.75) is 13.3 Å². The van der Waals surface area contributed by atoms with Gasteiger partial charge >= 0.3 is 0 Å². The van der Waals surface area contributed by atoms with Crippen LogP contribution in [-0.2, 0) is 4.74 Å². The molecule has 104 valence electrons. The third-order valence-corrected chi connectivity index (χ3v) is 3.78. The molecular formula is C14H19ClN2O2. The predicted molar refractivity (Wildman–Crippen MR) is 76.4 cm³/mol. The number of nitrogens with zero attached hydrogens (tertiary/aromatic N) is 1. The van der Waals surface area contributed by atoms with Gasteiger partial charge in [-0.15, -0.1) is 0 Å². The lowest BCUT2D eigenvalue weighted by molar-refractivity contribution is 0.0732. The highest BCUT2D eigenvalue weighted by Crippen LogP contribution is 2.24. The molecule has 0 radical (unpaired) electrons. The SMILES string of the molecule is CCN(CC1CCOC1)C(=O)c1cccc(Cl)c1N. The van der Waals surface area contributed by atoms with E-state index in [0.29, 0.717) is 35.3 Å². The molecule has 0 saturated carbocycles. The second-order valence-electron chi connectivity index (χ2n) is 4.77. The van der Waals surface area contributed by atoms with E-state index in [-0.39, 0.29) is 5.91 Å². The van der Waals surface area contributed by atoms with Gasteiger partial charge in [-0.1, -0.05) is 17.7 Å². The molecule has 1 aliphatic rings. The van der Waals surface area contributed by atoms with Crippen molar-refractivity contribution in [2.75, 3.05) is 32.0 Å². The number of nitrogen functional groups attached to an aromatic ring is 1. The number of anilines is 1. The summed E-state index contributed by atoms with van der Waals surface area (Å²) >= 11 is 5.96. The van der Waals surface area contributed by atoms with E-state index in [2.05, 4.69) is 0 Å². The predicted octanol–water partition coefficient (Wildman–Crippen LogP) is 2.42. The van der Waals surface area contributed by atoms with Crippen LogP contribution in [0.2, 0.25) is 5.02 Å². The Morgan fingerprint density at radius 2 is 2.37 bits per heavy atom. The number of carbonyl (C=O) groups is 1. The summed E-state index contributed by atoms with van der Waals surface area (Å²) in [4.78, 5) is 14.3. The maximum Gasteiger partial charge on any atom is 0.255 e. The smallest absolute Gasteiger partial charge is 0.255 e. The molecule has 0 bridgehead atoms. The molecule has 0 aliphatic carbocycles. The third-order valence-electron chi connectivity index (χ3n) is 3.45. The highest BCUT2D eigenvalue weighted by atomic mass is 35.5. The minimum atomic E-state index is -0.0607. The van der Waals surface area contributed by atoms with Gasteiger partial charge in [-0.2, -0.15) is 0 Å². The molecule has 2 N–H and O–H groups in total. The van der Waals surface area contributed by atoms with Crippen LogP contribution in [-0.4, -0.2) is 37.1 Å². The molecule has 19 heavy (non-hydrogen) atoms. The molecule has 0 spiro atoms. The van der Waals surface area contributed by atoms with Gasteiger partial charge < -0.3 is 15.4 Å².